The smallest absolute Gasteiger partial charge is 0.407 e. The van der Waals surface area contributed by atoms with Gasteiger partial charge in [0.05, 0.1) is 37.8 Å². The van der Waals surface area contributed by atoms with Crippen LogP contribution in [0.2, 0.25) is 0 Å². The Balaban J connectivity index is 1.12. The molecular weight excluding hydrogens is 751 g/mol. The van der Waals surface area contributed by atoms with Crippen molar-refractivity contribution >= 4 is 24.0 Å². The number of amides is 4. The van der Waals surface area contributed by atoms with Gasteiger partial charge in [-0.2, -0.15) is 0 Å². The van der Waals surface area contributed by atoms with Crippen LogP contribution in [0.3, 0.4) is 0 Å². The first-order chi connectivity index (χ1) is 28.3. The van der Waals surface area contributed by atoms with E-state index in [-0.39, 0.29) is 35.7 Å². The van der Waals surface area contributed by atoms with Gasteiger partial charge in [-0.15, -0.1) is 0 Å². The maximum absolute atomic E-state index is 13.7. The number of ether oxygens (including phenoxy) is 2. The maximum Gasteiger partial charge on any atom is 0.407 e. The Bertz CT molecular complexity index is 2200. The van der Waals surface area contributed by atoms with Crippen LogP contribution in [0.25, 0.3) is 22.5 Å². The molecule has 2 aliphatic rings. The van der Waals surface area contributed by atoms with Crippen LogP contribution in [0.15, 0.2) is 60.9 Å². The summed E-state index contributed by atoms with van der Waals surface area (Å²) in [6, 6.07) is 14.0. The monoisotopic (exact) mass is 805 g/mol. The highest BCUT2D eigenvalue weighted by atomic mass is 16.5. The largest absolute Gasteiger partial charge is 0.453 e. The zero-order valence-corrected chi connectivity index (χ0v) is 35.1. The fourth-order valence-corrected chi connectivity index (χ4v) is 7.78. The molecule has 15 heteroatoms. The van der Waals surface area contributed by atoms with Crippen LogP contribution in [-0.2, 0) is 33.2 Å². The number of nitrogens with one attached hydrogen (secondary N) is 3. The van der Waals surface area contributed by atoms with E-state index >= 15 is 0 Å². The second kappa shape index (κ2) is 18.6. The number of imidazole rings is 2. The first-order valence-corrected chi connectivity index (χ1v) is 20.1. The van der Waals surface area contributed by atoms with E-state index in [2.05, 4.69) is 27.8 Å². The minimum atomic E-state index is -0.722. The van der Waals surface area contributed by atoms with Gasteiger partial charge in [0.25, 0.3) is 0 Å². The molecule has 0 saturated carbocycles. The minimum Gasteiger partial charge on any atom is -0.453 e. The Morgan fingerprint density at radius 3 is 1.85 bits per heavy atom. The van der Waals surface area contributed by atoms with E-state index in [4.69, 9.17) is 19.4 Å². The maximum atomic E-state index is 13.7. The Hall–Kier alpha value is -6.14. The summed E-state index contributed by atoms with van der Waals surface area (Å²) in [5.74, 6) is 7.54. The second-order valence-electron chi connectivity index (χ2n) is 15.7. The fourth-order valence-electron chi connectivity index (χ4n) is 7.78. The molecule has 3 N–H and O–H groups in total. The molecule has 4 unspecified atom stereocenters. The zero-order chi connectivity index (χ0) is 42.4. The molecule has 2 saturated heterocycles. The van der Waals surface area contributed by atoms with Gasteiger partial charge in [-0.25, -0.2) is 19.6 Å². The van der Waals surface area contributed by atoms with Crippen molar-refractivity contribution in [3.05, 3.63) is 83.7 Å². The Morgan fingerprint density at radius 2 is 1.31 bits per heavy atom. The Labute approximate surface area is 345 Å². The normalized spacial score (nSPS) is 17.6. The molecule has 0 bridgehead atoms. The molecule has 2 fully saturated rings. The number of methoxy groups -OCH3 is 2. The van der Waals surface area contributed by atoms with Crippen LogP contribution >= 0.6 is 0 Å². The van der Waals surface area contributed by atoms with Crippen LogP contribution in [0, 0.1) is 23.7 Å². The van der Waals surface area contributed by atoms with E-state index < -0.39 is 24.3 Å². The number of likely N-dealkylation sites (tertiary alicyclic amines) is 1. The fraction of sp³-hybridized carbons (Fsp3) is 0.455. The van der Waals surface area contributed by atoms with Crippen molar-refractivity contribution in [2.75, 3.05) is 40.4 Å². The highest BCUT2D eigenvalue weighted by Gasteiger charge is 2.39. The topological polar surface area (TPSA) is 165 Å². The van der Waals surface area contributed by atoms with E-state index in [9.17, 15) is 19.2 Å². The number of carbonyl (C=O) groups is 4. The van der Waals surface area contributed by atoms with Crippen molar-refractivity contribution in [3.8, 4) is 34.4 Å². The van der Waals surface area contributed by atoms with Crippen molar-refractivity contribution < 1.29 is 28.7 Å². The van der Waals surface area contributed by atoms with Gasteiger partial charge in [-0.05, 0) is 54.5 Å². The van der Waals surface area contributed by atoms with Crippen LogP contribution in [0.4, 0.5) is 9.59 Å². The van der Waals surface area contributed by atoms with Gasteiger partial charge in [0, 0.05) is 63.2 Å². The van der Waals surface area contributed by atoms with Gasteiger partial charge >= 0.3 is 12.2 Å². The summed E-state index contributed by atoms with van der Waals surface area (Å²) in [5, 5.41) is 8.80. The first-order valence-electron chi connectivity index (χ1n) is 20.1. The number of hydrogen-bond donors (Lipinski definition) is 3. The van der Waals surface area contributed by atoms with Crippen molar-refractivity contribution in [1.82, 2.24) is 44.9 Å². The van der Waals surface area contributed by atoms with Gasteiger partial charge in [-0.1, -0.05) is 63.8 Å². The lowest BCUT2D eigenvalue weighted by atomic mass is 10.0. The van der Waals surface area contributed by atoms with E-state index in [1.54, 1.807) is 4.90 Å². The summed E-state index contributed by atoms with van der Waals surface area (Å²) in [6.45, 7) is 9.86. The molecule has 0 aliphatic carbocycles. The predicted molar refractivity (Wildman–Crippen MR) is 223 cm³/mol. The van der Waals surface area contributed by atoms with Crippen molar-refractivity contribution in [2.45, 2.75) is 64.7 Å². The van der Waals surface area contributed by atoms with Crippen LogP contribution in [-0.4, -0.2) is 105 Å². The second-order valence-corrected chi connectivity index (χ2v) is 15.7. The summed E-state index contributed by atoms with van der Waals surface area (Å²) in [4.78, 5) is 64.8. The van der Waals surface area contributed by atoms with E-state index in [0.717, 1.165) is 58.1 Å². The molecule has 4 atom stereocenters. The zero-order valence-electron chi connectivity index (χ0n) is 35.1. The highest BCUT2D eigenvalue weighted by Crippen LogP contribution is 2.34. The average Bonchev–Trinajstić information content (AvgIpc) is 3.98. The summed E-state index contributed by atoms with van der Waals surface area (Å²) in [6.07, 6.45) is 4.17. The van der Waals surface area contributed by atoms with Crippen molar-refractivity contribution in [3.63, 3.8) is 0 Å². The number of hydrogen-bond acceptors (Lipinski definition) is 9. The first kappa shape index (κ1) is 42.5. The number of rotatable bonds is 10. The van der Waals surface area contributed by atoms with Gasteiger partial charge in [-0.3, -0.25) is 9.59 Å². The molecule has 15 nitrogen and oxygen atoms in total. The van der Waals surface area contributed by atoms with Crippen molar-refractivity contribution in [2.24, 2.45) is 25.9 Å². The summed E-state index contributed by atoms with van der Waals surface area (Å²) in [5.41, 5.74) is 5.33. The highest BCUT2D eigenvalue weighted by molar-refractivity contribution is 5.87. The molecule has 4 amide bonds. The van der Waals surface area contributed by atoms with Crippen LogP contribution < -0.4 is 16.0 Å². The molecule has 59 heavy (non-hydrogen) atoms. The molecule has 2 aromatic carbocycles. The molecule has 4 heterocycles. The Morgan fingerprint density at radius 1 is 0.763 bits per heavy atom. The number of aryl methyl sites for hydroxylation is 1. The number of piperazine rings is 1. The molecule has 0 spiro atoms. The number of aromatic nitrogens is 4. The van der Waals surface area contributed by atoms with E-state index in [1.807, 2.05) is 117 Å². The Kier molecular flexibility index (Phi) is 13.4. The lowest BCUT2D eigenvalue weighted by molar-refractivity contribution is -0.138. The predicted octanol–water partition coefficient (Wildman–Crippen LogP) is 4.79. The number of alkyl carbamates (subject to hydrolysis) is 2. The summed E-state index contributed by atoms with van der Waals surface area (Å²) in [7, 11) is 6.47. The van der Waals surface area contributed by atoms with Crippen molar-refractivity contribution in [1.29, 1.82) is 0 Å². The molecule has 312 valence electrons. The van der Waals surface area contributed by atoms with Gasteiger partial charge in [0.1, 0.15) is 29.8 Å². The van der Waals surface area contributed by atoms with Crippen LogP contribution in [0.1, 0.15) is 75.4 Å². The third kappa shape index (κ3) is 9.44. The molecule has 4 aromatic rings. The number of carbonyl (C=O) groups excluding carboxylic acids is 4. The third-order valence-corrected chi connectivity index (χ3v) is 11.1. The summed E-state index contributed by atoms with van der Waals surface area (Å²) >= 11 is 0. The molecule has 2 aliphatic heterocycles. The van der Waals surface area contributed by atoms with Gasteiger partial charge in [0.2, 0.25) is 11.8 Å². The quantitative estimate of drug-likeness (QED) is 0.191. The van der Waals surface area contributed by atoms with Crippen LogP contribution in [0.5, 0.6) is 0 Å². The SMILES string of the molecule is COC(=O)NC(C(=O)N1CCNCC1c1nc(-c2ccc(C#Cc3ccc(-c4cnc(C5CCCN5C(=O)C(NC(=O)OC)C(C)C)n4C)cc3)cc2)cn1C)C(C)C. The number of nitrogens with zero attached hydrogens (tertiary/aromatic N) is 6. The standard InChI is InChI=1S/C44H55N9O6/c1-27(2)37(48-43(56)58-7)41(54)52-22-9-10-34(52)39-46-25-35(51(39)6)32-19-15-30(16-20-32)12-11-29-13-17-31(18-14-29)33-26-50(5)40(47-33)36-24-45-21-23-53(36)42(55)38(28(3)4)49-44(57)59-8/h13-20,25-28,34,36-38,45H,9-10,21-24H2,1-8H3,(H,48,56)(H,49,57). The van der Waals surface area contributed by atoms with Gasteiger partial charge < -0.3 is 44.4 Å². The third-order valence-electron chi connectivity index (χ3n) is 11.1. The lowest BCUT2D eigenvalue weighted by Crippen LogP contribution is -2.57. The molecular formula is C44H55N9O6. The molecule has 6 rings (SSSR count). The molecule has 0 radical (unpaired) electrons. The lowest BCUT2D eigenvalue weighted by Gasteiger charge is -2.38. The summed E-state index contributed by atoms with van der Waals surface area (Å²) < 4.78 is 13.5. The van der Waals surface area contributed by atoms with Gasteiger partial charge in [0.15, 0.2) is 0 Å². The van der Waals surface area contributed by atoms with E-state index in [0.29, 0.717) is 26.2 Å². The minimum absolute atomic E-state index is 0.109. The average molecular weight is 806 g/mol. The van der Waals surface area contributed by atoms with E-state index in [1.165, 1.54) is 14.2 Å². The molecule has 2 aromatic heterocycles. The number of benzene rings is 2.